The molecule has 1 amide bonds. The second kappa shape index (κ2) is 5.15. The number of rotatable bonds is 1. The Hall–Kier alpha value is -0.610. The van der Waals surface area contributed by atoms with Crippen LogP contribution in [0.15, 0.2) is 0 Å². The van der Waals surface area contributed by atoms with Crippen molar-refractivity contribution in [2.75, 3.05) is 26.7 Å². The van der Waals surface area contributed by atoms with Crippen LogP contribution in [0, 0.1) is 0 Å². The third-order valence-corrected chi connectivity index (χ3v) is 3.89. The summed E-state index contributed by atoms with van der Waals surface area (Å²) in [5.74, 6) is 0.239. The molecular weight excluding hydrogens is 204 g/mol. The Morgan fingerprint density at radius 2 is 1.88 bits per heavy atom. The van der Waals surface area contributed by atoms with Crippen LogP contribution in [-0.4, -0.2) is 59.6 Å². The van der Waals surface area contributed by atoms with Crippen molar-refractivity contribution in [2.24, 2.45) is 0 Å². The summed E-state index contributed by atoms with van der Waals surface area (Å²) in [6.45, 7) is 2.47. The number of hydrogen-bond acceptors (Lipinski definition) is 3. The van der Waals surface area contributed by atoms with Crippen LogP contribution in [0.3, 0.4) is 0 Å². The Balaban J connectivity index is 1.91. The molecule has 1 aliphatic heterocycles. The lowest BCUT2D eigenvalue weighted by atomic mass is 9.92. The highest BCUT2D eigenvalue weighted by molar-refractivity contribution is 5.78. The Kier molecular flexibility index (Phi) is 3.82. The predicted molar refractivity (Wildman–Crippen MR) is 62.1 cm³/mol. The second-order valence-corrected chi connectivity index (χ2v) is 5.10. The molecule has 0 aromatic heterocycles. The van der Waals surface area contributed by atoms with E-state index in [9.17, 15) is 9.90 Å². The smallest absolute Gasteiger partial charge is 0.236 e. The van der Waals surface area contributed by atoms with Crippen LogP contribution < -0.4 is 0 Å². The van der Waals surface area contributed by atoms with E-state index in [0.717, 1.165) is 45.2 Å². The molecule has 0 radical (unpaired) electrons. The van der Waals surface area contributed by atoms with E-state index in [1.807, 2.05) is 11.9 Å². The highest BCUT2D eigenvalue weighted by atomic mass is 16.3. The van der Waals surface area contributed by atoms with Gasteiger partial charge in [0.05, 0.1) is 12.6 Å². The Morgan fingerprint density at radius 1 is 1.19 bits per heavy atom. The molecule has 1 heterocycles. The van der Waals surface area contributed by atoms with Crippen molar-refractivity contribution in [2.45, 2.75) is 44.2 Å². The minimum absolute atomic E-state index is 0.110. The van der Waals surface area contributed by atoms with Gasteiger partial charge < -0.3 is 10.0 Å². The van der Waals surface area contributed by atoms with E-state index in [-0.39, 0.29) is 12.0 Å². The zero-order chi connectivity index (χ0) is 11.5. The van der Waals surface area contributed by atoms with Crippen LogP contribution in [0.25, 0.3) is 0 Å². The van der Waals surface area contributed by atoms with Gasteiger partial charge in [0.1, 0.15) is 0 Å². The first-order valence-electron chi connectivity index (χ1n) is 6.33. The predicted octanol–water partition coefficient (Wildman–Crippen LogP) is 0.454. The van der Waals surface area contributed by atoms with Gasteiger partial charge in [0.25, 0.3) is 0 Å². The number of carbonyl (C=O) groups is 1. The van der Waals surface area contributed by atoms with Crippen LogP contribution in [0.4, 0.5) is 0 Å². The largest absolute Gasteiger partial charge is 0.393 e. The van der Waals surface area contributed by atoms with Crippen molar-refractivity contribution in [3.8, 4) is 0 Å². The van der Waals surface area contributed by atoms with Gasteiger partial charge in [0.15, 0.2) is 0 Å². The zero-order valence-corrected chi connectivity index (χ0v) is 10.1. The highest BCUT2D eigenvalue weighted by Crippen LogP contribution is 2.24. The van der Waals surface area contributed by atoms with Gasteiger partial charge in [-0.25, -0.2) is 0 Å². The molecule has 0 atom stereocenters. The second-order valence-electron chi connectivity index (χ2n) is 5.10. The number of hydrogen-bond donors (Lipinski definition) is 1. The summed E-state index contributed by atoms with van der Waals surface area (Å²) in [4.78, 5) is 15.9. The molecule has 0 bridgehead atoms. The molecule has 4 nitrogen and oxygen atoms in total. The van der Waals surface area contributed by atoms with Crippen molar-refractivity contribution in [3.63, 3.8) is 0 Å². The van der Waals surface area contributed by atoms with E-state index < -0.39 is 0 Å². The number of carbonyl (C=O) groups excluding carboxylic acids is 1. The fourth-order valence-corrected chi connectivity index (χ4v) is 2.74. The van der Waals surface area contributed by atoms with Gasteiger partial charge in [0, 0.05) is 26.2 Å². The van der Waals surface area contributed by atoms with Gasteiger partial charge in [-0.2, -0.15) is 0 Å². The summed E-state index contributed by atoms with van der Waals surface area (Å²) in [6.07, 6.45) is 4.83. The summed E-state index contributed by atoms with van der Waals surface area (Å²) in [5, 5.41) is 9.48. The fourth-order valence-electron chi connectivity index (χ4n) is 2.74. The number of aliphatic hydroxyl groups is 1. The molecule has 1 saturated carbocycles. The molecule has 0 spiro atoms. The molecule has 1 aliphatic carbocycles. The third kappa shape index (κ3) is 2.74. The van der Waals surface area contributed by atoms with E-state index in [4.69, 9.17) is 0 Å². The van der Waals surface area contributed by atoms with Crippen LogP contribution in [0.1, 0.15) is 32.1 Å². The normalized spacial score (nSPS) is 33.9. The SMILES string of the molecule is CN1CCCN(C2CCC(O)CC2)CC1=O. The number of nitrogens with zero attached hydrogens (tertiary/aromatic N) is 2. The van der Waals surface area contributed by atoms with Gasteiger partial charge in [-0.3, -0.25) is 9.69 Å². The molecule has 1 N–H and O–H groups in total. The molecular formula is C12H22N2O2. The first-order valence-corrected chi connectivity index (χ1v) is 6.33. The van der Waals surface area contributed by atoms with E-state index in [1.54, 1.807) is 0 Å². The maximum absolute atomic E-state index is 11.8. The summed E-state index contributed by atoms with van der Waals surface area (Å²) in [6, 6.07) is 0.513. The standard InChI is InChI=1S/C12H22N2O2/c1-13-7-2-8-14(9-12(13)16)10-3-5-11(15)6-4-10/h10-11,15H,2-9H2,1H3. The van der Waals surface area contributed by atoms with Gasteiger partial charge in [0.2, 0.25) is 5.91 Å². The van der Waals surface area contributed by atoms with Crippen LogP contribution in [0.2, 0.25) is 0 Å². The monoisotopic (exact) mass is 226 g/mol. The lowest BCUT2D eigenvalue weighted by Gasteiger charge is -2.34. The minimum Gasteiger partial charge on any atom is -0.393 e. The molecule has 16 heavy (non-hydrogen) atoms. The van der Waals surface area contributed by atoms with E-state index in [2.05, 4.69) is 4.90 Å². The molecule has 92 valence electrons. The Morgan fingerprint density at radius 3 is 2.56 bits per heavy atom. The van der Waals surface area contributed by atoms with Crippen LogP contribution in [-0.2, 0) is 4.79 Å². The molecule has 2 aliphatic rings. The molecule has 1 saturated heterocycles. The quantitative estimate of drug-likeness (QED) is 0.706. The van der Waals surface area contributed by atoms with E-state index in [1.165, 1.54) is 0 Å². The van der Waals surface area contributed by atoms with Crippen molar-refractivity contribution >= 4 is 5.91 Å². The van der Waals surface area contributed by atoms with E-state index in [0.29, 0.717) is 12.6 Å². The van der Waals surface area contributed by atoms with Crippen molar-refractivity contribution in [1.29, 1.82) is 0 Å². The average molecular weight is 226 g/mol. The summed E-state index contributed by atoms with van der Waals surface area (Å²) >= 11 is 0. The molecule has 4 heteroatoms. The maximum atomic E-state index is 11.8. The maximum Gasteiger partial charge on any atom is 0.236 e. The van der Waals surface area contributed by atoms with E-state index >= 15 is 0 Å². The van der Waals surface area contributed by atoms with Gasteiger partial charge in [-0.1, -0.05) is 0 Å². The topological polar surface area (TPSA) is 43.8 Å². The first-order chi connectivity index (χ1) is 7.66. The summed E-state index contributed by atoms with van der Waals surface area (Å²) in [7, 11) is 1.89. The van der Waals surface area contributed by atoms with Crippen molar-refractivity contribution < 1.29 is 9.90 Å². The van der Waals surface area contributed by atoms with Crippen LogP contribution in [0.5, 0.6) is 0 Å². The summed E-state index contributed by atoms with van der Waals surface area (Å²) in [5.41, 5.74) is 0. The lowest BCUT2D eigenvalue weighted by molar-refractivity contribution is -0.130. The average Bonchev–Trinajstić information content (AvgIpc) is 2.43. The Labute approximate surface area is 97.2 Å². The van der Waals surface area contributed by atoms with Gasteiger partial charge in [-0.15, -0.1) is 0 Å². The fraction of sp³-hybridized carbons (Fsp3) is 0.917. The van der Waals surface area contributed by atoms with Crippen LogP contribution >= 0.6 is 0 Å². The number of aliphatic hydroxyl groups excluding tert-OH is 1. The molecule has 0 aromatic rings. The first kappa shape index (κ1) is 11.9. The summed E-state index contributed by atoms with van der Waals surface area (Å²) < 4.78 is 0. The third-order valence-electron chi connectivity index (χ3n) is 3.89. The highest BCUT2D eigenvalue weighted by Gasteiger charge is 2.28. The lowest BCUT2D eigenvalue weighted by Crippen LogP contribution is -2.43. The van der Waals surface area contributed by atoms with Gasteiger partial charge in [-0.05, 0) is 32.1 Å². The van der Waals surface area contributed by atoms with Crippen molar-refractivity contribution in [1.82, 2.24) is 9.80 Å². The van der Waals surface area contributed by atoms with Gasteiger partial charge >= 0.3 is 0 Å². The molecule has 2 rings (SSSR count). The minimum atomic E-state index is -0.110. The molecule has 0 aromatic carbocycles. The molecule has 0 unspecified atom stereocenters. The zero-order valence-electron chi connectivity index (χ0n) is 10.1. The van der Waals surface area contributed by atoms with Crippen molar-refractivity contribution in [3.05, 3.63) is 0 Å². The molecule has 2 fully saturated rings. The Bertz CT molecular complexity index is 249. The number of likely N-dealkylation sites (N-methyl/N-ethyl adjacent to an activating group) is 1. The number of amides is 1.